The average Bonchev–Trinajstić information content (AvgIpc) is 3.51. The Morgan fingerprint density at radius 3 is 2.61 bits per heavy atom. The van der Waals surface area contributed by atoms with E-state index in [-0.39, 0.29) is 11.7 Å². The summed E-state index contributed by atoms with van der Waals surface area (Å²) in [7, 11) is 0. The van der Waals surface area contributed by atoms with Gasteiger partial charge in [0.2, 0.25) is 5.91 Å². The number of thioether (sulfide) groups is 1. The third-order valence-electron chi connectivity index (χ3n) is 5.35. The number of aromatic nitrogens is 4. The fourth-order valence-electron chi connectivity index (χ4n) is 3.67. The van der Waals surface area contributed by atoms with Crippen LogP contribution in [0.2, 0.25) is 5.02 Å². The Labute approximate surface area is 222 Å². The van der Waals surface area contributed by atoms with E-state index in [9.17, 15) is 4.79 Å². The molecule has 180 valence electrons. The number of anilines is 1. The van der Waals surface area contributed by atoms with Crippen LogP contribution in [0.3, 0.4) is 0 Å². The summed E-state index contributed by atoms with van der Waals surface area (Å²) in [6.07, 6.45) is 2.53. The van der Waals surface area contributed by atoms with Gasteiger partial charge in [-0.2, -0.15) is 0 Å². The van der Waals surface area contributed by atoms with E-state index in [1.807, 2.05) is 84.3 Å². The minimum atomic E-state index is -0.146. The lowest BCUT2D eigenvalue weighted by Crippen LogP contribution is -2.14. The molecule has 0 atom stereocenters. The molecule has 6 nitrogen and oxygen atoms in total. The van der Waals surface area contributed by atoms with Gasteiger partial charge >= 0.3 is 0 Å². The molecular weight excluding hydrogens is 510 g/mol. The number of amides is 1. The number of halogens is 1. The summed E-state index contributed by atoms with van der Waals surface area (Å²) >= 11 is 8.77. The van der Waals surface area contributed by atoms with Crippen molar-refractivity contribution in [3.05, 3.63) is 106 Å². The number of nitrogens with one attached hydrogen (secondary N) is 1. The molecule has 3 aromatic carbocycles. The van der Waals surface area contributed by atoms with Crippen molar-refractivity contribution in [3.63, 3.8) is 0 Å². The van der Waals surface area contributed by atoms with Gasteiger partial charge in [0.25, 0.3) is 0 Å². The van der Waals surface area contributed by atoms with Crippen molar-refractivity contribution in [1.29, 1.82) is 0 Å². The topological polar surface area (TPSA) is 72.7 Å². The lowest BCUT2D eigenvalue weighted by Gasteiger charge is -2.11. The Balaban J connectivity index is 1.29. The number of nitrogens with zero attached hydrogens (tertiary/aromatic N) is 4. The number of aryl methyl sites for hydroxylation is 1. The van der Waals surface area contributed by atoms with Crippen LogP contribution < -0.4 is 5.32 Å². The zero-order chi connectivity index (χ0) is 24.9. The van der Waals surface area contributed by atoms with Crippen LogP contribution in [0.4, 0.5) is 5.13 Å². The summed E-state index contributed by atoms with van der Waals surface area (Å²) in [6.45, 7) is 2.05. The molecule has 2 heterocycles. The van der Waals surface area contributed by atoms with Gasteiger partial charge in [0.1, 0.15) is 0 Å². The molecule has 0 unspecified atom stereocenters. The molecule has 0 bridgehead atoms. The molecule has 2 aromatic heterocycles. The van der Waals surface area contributed by atoms with E-state index in [0.717, 1.165) is 39.5 Å². The molecule has 0 aliphatic heterocycles. The van der Waals surface area contributed by atoms with Gasteiger partial charge in [-0.05, 0) is 42.3 Å². The predicted molar refractivity (Wildman–Crippen MR) is 147 cm³/mol. The van der Waals surface area contributed by atoms with Crippen LogP contribution in [-0.4, -0.2) is 31.4 Å². The summed E-state index contributed by atoms with van der Waals surface area (Å²) in [4.78, 5) is 18.2. The van der Waals surface area contributed by atoms with Crippen LogP contribution >= 0.6 is 34.7 Å². The van der Waals surface area contributed by atoms with Gasteiger partial charge in [-0.1, -0.05) is 78.0 Å². The van der Waals surface area contributed by atoms with Gasteiger partial charge in [0.15, 0.2) is 16.1 Å². The predicted octanol–water partition coefficient (Wildman–Crippen LogP) is 6.67. The van der Waals surface area contributed by atoms with Crippen LogP contribution in [0.15, 0.2) is 90.2 Å². The summed E-state index contributed by atoms with van der Waals surface area (Å²) in [6, 6.07) is 25.8. The van der Waals surface area contributed by atoms with E-state index >= 15 is 0 Å². The van der Waals surface area contributed by atoms with Gasteiger partial charge in [0, 0.05) is 33.8 Å². The third-order valence-corrected chi connectivity index (χ3v) is 7.44. The van der Waals surface area contributed by atoms with Crippen molar-refractivity contribution >= 4 is 45.7 Å². The molecule has 36 heavy (non-hydrogen) atoms. The first-order valence-corrected chi connectivity index (χ1v) is 13.4. The molecule has 5 rings (SSSR count). The maximum Gasteiger partial charge on any atom is 0.236 e. The lowest BCUT2D eigenvalue weighted by molar-refractivity contribution is -0.113. The Bertz CT molecular complexity index is 1480. The van der Waals surface area contributed by atoms with E-state index in [0.29, 0.717) is 15.3 Å². The third kappa shape index (κ3) is 5.84. The highest BCUT2D eigenvalue weighted by Gasteiger charge is 2.18. The number of carbonyl (C=O) groups excluding carboxylic acids is 1. The molecule has 1 N–H and O–H groups in total. The Morgan fingerprint density at radius 2 is 1.83 bits per heavy atom. The van der Waals surface area contributed by atoms with Crippen molar-refractivity contribution in [2.24, 2.45) is 0 Å². The van der Waals surface area contributed by atoms with Crippen molar-refractivity contribution in [3.8, 4) is 17.1 Å². The van der Waals surface area contributed by atoms with Crippen LogP contribution in [0.1, 0.15) is 16.0 Å². The molecule has 0 saturated carbocycles. The van der Waals surface area contributed by atoms with E-state index in [4.69, 9.17) is 11.6 Å². The van der Waals surface area contributed by atoms with Crippen LogP contribution in [0.5, 0.6) is 0 Å². The molecule has 0 spiro atoms. The molecule has 0 aliphatic rings. The van der Waals surface area contributed by atoms with Gasteiger partial charge in [0.05, 0.1) is 5.75 Å². The number of thiazole rings is 1. The highest BCUT2D eigenvalue weighted by molar-refractivity contribution is 7.99. The lowest BCUT2D eigenvalue weighted by atomic mass is 10.1. The molecule has 9 heteroatoms. The van der Waals surface area contributed by atoms with Crippen molar-refractivity contribution in [2.45, 2.75) is 18.5 Å². The first kappa shape index (κ1) is 24.2. The zero-order valence-corrected chi connectivity index (χ0v) is 21.8. The highest BCUT2D eigenvalue weighted by atomic mass is 35.5. The van der Waals surface area contributed by atoms with E-state index in [1.165, 1.54) is 23.1 Å². The minimum absolute atomic E-state index is 0.146. The fraction of sp³-hybridized carbons (Fsp3) is 0.111. The van der Waals surface area contributed by atoms with Crippen molar-refractivity contribution in [2.75, 3.05) is 11.1 Å². The maximum atomic E-state index is 12.7. The monoisotopic (exact) mass is 531 g/mol. The summed E-state index contributed by atoms with van der Waals surface area (Å²) in [5.41, 5.74) is 4.18. The Kier molecular flexibility index (Phi) is 7.46. The number of carbonyl (C=O) groups is 1. The normalized spacial score (nSPS) is 10.9. The minimum Gasteiger partial charge on any atom is -0.301 e. The van der Waals surface area contributed by atoms with Gasteiger partial charge < -0.3 is 5.32 Å². The summed E-state index contributed by atoms with van der Waals surface area (Å²) in [5.74, 6) is 0.772. The quantitative estimate of drug-likeness (QED) is 0.226. The fourth-order valence-corrected chi connectivity index (χ4v) is 5.41. The number of hydrogen-bond acceptors (Lipinski definition) is 6. The standard InChI is InChI=1S/C27H22ClN5OS2/c1-18-6-5-9-22(14-18)33-25(20-7-3-2-4-8-20)31-32-27(33)35-17-24(34)30-26-29-16-23(36-26)15-19-10-12-21(28)13-11-19/h2-14,16H,15,17H2,1H3,(H,29,30,34). The zero-order valence-electron chi connectivity index (χ0n) is 19.4. The number of rotatable bonds is 8. The van der Waals surface area contributed by atoms with E-state index < -0.39 is 0 Å². The Morgan fingerprint density at radius 1 is 1.03 bits per heavy atom. The average molecular weight is 532 g/mol. The highest BCUT2D eigenvalue weighted by Crippen LogP contribution is 2.29. The van der Waals surface area contributed by atoms with Crippen molar-refractivity contribution in [1.82, 2.24) is 19.7 Å². The first-order valence-electron chi connectivity index (χ1n) is 11.2. The molecule has 0 radical (unpaired) electrons. The number of benzene rings is 3. The second kappa shape index (κ2) is 11.1. The smallest absolute Gasteiger partial charge is 0.236 e. The SMILES string of the molecule is Cc1cccc(-n2c(SCC(=O)Nc3ncc(Cc4ccc(Cl)cc4)s3)nnc2-c2ccccc2)c1. The second-order valence-corrected chi connectivity index (χ2v) is 10.6. The van der Waals surface area contributed by atoms with Gasteiger partial charge in [-0.15, -0.1) is 21.5 Å². The second-order valence-electron chi connectivity index (χ2n) is 8.12. The Hall–Kier alpha value is -3.46. The summed E-state index contributed by atoms with van der Waals surface area (Å²) < 4.78 is 1.99. The molecule has 0 fully saturated rings. The van der Waals surface area contributed by atoms with Gasteiger partial charge in [-0.3, -0.25) is 9.36 Å². The van der Waals surface area contributed by atoms with Crippen LogP contribution in [0.25, 0.3) is 17.1 Å². The van der Waals surface area contributed by atoms with Crippen molar-refractivity contribution < 1.29 is 4.79 Å². The summed E-state index contributed by atoms with van der Waals surface area (Å²) in [5, 5.41) is 13.7. The van der Waals surface area contributed by atoms with Gasteiger partial charge in [-0.25, -0.2) is 4.98 Å². The molecule has 0 saturated heterocycles. The molecular formula is C27H22ClN5OS2. The van der Waals surface area contributed by atoms with Crippen LogP contribution in [-0.2, 0) is 11.2 Å². The van der Waals surface area contributed by atoms with E-state index in [1.54, 1.807) is 6.20 Å². The largest absolute Gasteiger partial charge is 0.301 e. The first-order chi connectivity index (χ1) is 17.5. The van der Waals surface area contributed by atoms with Crippen LogP contribution in [0, 0.1) is 6.92 Å². The molecule has 5 aromatic rings. The molecule has 1 amide bonds. The maximum absolute atomic E-state index is 12.7. The van der Waals surface area contributed by atoms with E-state index in [2.05, 4.69) is 26.6 Å². The number of hydrogen-bond donors (Lipinski definition) is 1. The molecule has 0 aliphatic carbocycles.